The van der Waals surface area contributed by atoms with Gasteiger partial charge in [0, 0.05) is 46.0 Å². The summed E-state index contributed by atoms with van der Waals surface area (Å²) in [5.41, 5.74) is 5.15. The first kappa shape index (κ1) is 18.5. The van der Waals surface area contributed by atoms with Crippen molar-refractivity contribution in [3.8, 4) is 11.4 Å². The molecule has 0 unspecified atom stereocenters. The highest BCUT2D eigenvalue weighted by Crippen LogP contribution is 2.34. The molecule has 0 spiro atoms. The first-order valence-electron chi connectivity index (χ1n) is 9.63. The minimum Gasteiger partial charge on any atom is -0.481 e. The molecule has 0 saturated carbocycles. The number of aryl methyl sites for hydroxylation is 1. The van der Waals surface area contributed by atoms with E-state index in [1.807, 2.05) is 41.1 Å². The van der Waals surface area contributed by atoms with Gasteiger partial charge < -0.3 is 14.2 Å². The van der Waals surface area contributed by atoms with Crippen molar-refractivity contribution in [3.05, 3.63) is 90.0 Å². The number of halogens is 1. The van der Waals surface area contributed by atoms with Crippen LogP contribution in [0.3, 0.4) is 0 Å². The van der Waals surface area contributed by atoms with Crippen LogP contribution < -0.4 is 0 Å². The van der Waals surface area contributed by atoms with Crippen LogP contribution in [0.2, 0.25) is 5.02 Å². The zero-order chi connectivity index (χ0) is 20.7. The minimum absolute atomic E-state index is 0.109. The maximum Gasteiger partial charge on any atom is 0.303 e. The Balaban J connectivity index is 1.76. The van der Waals surface area contributed by atoms with Crippen molar-refractivity contribution in [2.75, 3.05) is 0 Å². The third kappa shape index (κ3) is 3.23. The summed E-state index contributed by atoms with van der Waals surface area (Å²) in [4.78, 5) is 15.2. The van der Waals surface area contributed by atoms with E-state index in [2.05, 4.69) is 39.9 Å². The summed E-state index contributed by atoms with van der Waals surface area (Å²) in [5.74, 6) is -0.793. The molecule has 0 aliphatic heterocycles. The van der Waals surface area contributed by atoms with Crippen LogP contribution in [0.15, 0.2) is 79.4 Å². The summed E-state index contributed by atoms with van der Waals surface area (Å²) in [5, 5.41) is 12.0. The van der Waals surface area contributed by atoms with E-state index in [1.165, 1.54) is 0 Å². The number of aromatic nitrogens is 3. The number of carboxylic acids is 1. The third-order valence-corrected chi connectivity index (χ3v) is 5.58. The second kappa shape index (κ2) is 7.35. The van der Waals surface area contributed by atoms with Gasteiger partial charge in [0.15, 0.2) is 0 Å². The van der Waals surface area contributed by atoms with Crippen LogP contribution in [-0.2, 0) is 11.2 Å². The fourth-order valence-electron chi connectivity index (χ4n) is 3.90. The van der Waals surface area contributed by atoms with Crippen molar-refractivity contribution in [2.45, 2.75) is 12.8 Å². The highest BCUT2D eigenvalue weighted by Gasteiger charge is 2.14. The zero-order valence-electron chi connectivity index (χ0n) is 16.0. The Hall–Kier alpha value is -3.57. The maximum absolute atomic E-state index is 11.0. The fraction of sp³-hybridized carbons (Fsp3) is 0.0833. The lowest BCUT2D eigenvalue weighted by molar-refractivity contribution is -0.136. The highest BCUT2D eigenvalue weighted by molar-refractivity contribution is 6.30. The summed E-state index contributed by atoms with van der Waals surface area (Å²) in [6.45, 7) is 0. The second-order valence-electron chi connectivity index (χ2n) is 7.23. The number of nitrogens with zero attached hydrogens (tertiary/aromatic N) is 3. The minimum atomic E-state index is -0.793. The van der Waals surface area contributed by atoms with E-state index < -0.39 is 5.97 Å². The van der Waals surface area contributed by atoms with Gasteiger partial charge in [-0.15, -0.1) is 0 Å². The largest absolute Gasteiger partial charge is 0.481 e. The zero-order valence-corrected chi connectivity index (χ0v) is 16.8. The molecular formula is C24H18ClN3O2. The van der Waals surface area contributed by atoms with Gasteiger partial charge in [0.1, 0.15) is 0 Å². The number of imidazole rings is 1. The molecule has 0 radical (unpaired) electrons. The lowest BCUT2D eigenvalue weighted by Crippen LogP contribution is -1.98. The van der Waals surface area contributed by atoms with E-state index in [9.17, 15) is 4.79 Å². The van der Waals surface area contributed by atoms with Crippen LogP contribution in [0.5, 0.6) is 0 Å². The van der Waals surface area contributed by atoms with E-state index in [4.69, 9.17) is 16.7 Å². The van der Waals surface area contributed by atoms with E-state index in [-0.39, 0.29) is 6.42 Å². The Morgan fingerprint density at radius 1 is 0.933 bits per heavy atom. The van der Waals surface area contributed by atoms with Gasteiger partial charge in [-0.05, 0) is 60.5 Å². The lowest BCUT2D eigenvalue weighted by Gasteiger charge is -2.09. The number of rotatable bonds is 5. The SMILES string of the molecule is O=C(O)CCc1ccc2c3cc(-n4ccnc4)ccc3n(-c3ccc(Cl)cc3)c2c1. The molecule has 2 heterocycles. The topological polar surface area (TPSA) is 60.0 Å². The molecule has 0 amide bonds. The Bertz CT molecular complexity index is 1370. The first-order chi connectivity index (χ1) is 14.6. The van der Waals surface area contributed by atoms with Gasteiger partial charge in [-0.2, -0.15) is 0 Å². The van der Waals surface area contributed by atoms with Crippen molar-refractivity contribution in [1.29, 1.82) is 0 Å². The van der Waals surface area contributed by atoms with Gasteiger partial charge in [-0.3, -0.25) is 4.79 Å². The molecule has 0 aliphatic rings. The summed E-state index contributed by atoms with van der Waals surface area (Å²) in [6.07, 6.45) is 6.06. The predicted octanol–water partition coefficient (Wildman–Crippen LogP) is 5.64. The predicted molar refractivity (Wildman–Crippen MR) is 119 cm³/mol. The summed E-state index contributed by atoms with van der Waals surface area (Å²) in [7, 11) is 0. The van der Waals surface area contributed by atoms with Gasteiger partial charge in [0.05, 0.1) is 17.4 Å². The molecule has 5 nitrogen and oxygen atoms in total. The van der Waals surface area contributed by atoms with Gasteiger partial charge in [-0.25, -0.2) is 4.98 Å². The fourth-order valence-corrected chi connectivity index (χ4v) is 4.03. The molecule has 148 valence electrons. The quantitative estimate of drug-likeness (QED) is 0.404. The second-order valence-corrected chi connectivity index (χ2v) is 7.66. The van der Waals surface area contributed by atoms with Crippen LogP contribution >= 0.6 is 11.6 Å². The molecule has 0 saturated heterocycles. The Labute approximate surface area is 177 Å². The van der Waals surface area contributed by atoms with E-state index in [0.717, 1.165) is 38.7 Å². The van der Waals surface area contributed by atoms with Crippen LogP contribution in [0.1, 0.15) is 12.0 Å². The molecule has 2 aromatic heterocycles. The monoisotopic (exact) mass is 415 g/mol. The number of carboxylic acid groups (broad SMARTS) is 1. The smallest absolute Gasteiger partial charge is 0.303 e. The lowest BCUT2D eigenvalue weighted by atomic mass is 10.1. The van der Waals surface area contributed by atoms with Crippen molar-refractivity contribution < 1.29 is 9.90 Å². The van der Waals surface area contributed by atoms with Crippen molar-refractivity contribution in [3.63, 3.8) is 0 Å². The summed E-state index contributed by atoms with van der Waals surface area (Å²) < 4.78 is 4.18. The number of aliphatic carboxylic acids is 1. The highest BCUT2D eigenvalue weighted by atomic mass is 35.5. The molecule has 3 aromatic carbocycles. The Kier molecular flexibility index (Phi) is 4.52. The molecule has 0 bridgehead atoms. The van der Waals surface area contributed by atoms with E-state index in [1.54, 1.807) is 12.5 Å². The number of carbonyl (C=O) groups is 1. The molecule has 5 rings (SSSR count). The van der Waals surface area contributed by atoms with Crippen molar-refractivity contribution >= 4 is 39.4 Å². The summed E-state index contributed by atoms with van der Waals surface area (Å²) in [6, 6.07) is 20.3. The molecule has 0 aliphatic carbocycles. The molecule has 1 N–H and O–H groups in total. The molecule has 6 heteroatoms. The first-order valence-corrected chi connectivity index (χ1v) is 10.0. The number of hydrogen-bond acceptors (Lipinski definition) is 2. The average molecular weight is 416 g/mol. The normalized spacial score (nSPS) is 11.4. The summed E-state index contributed by atoms with van der Waals surface area (Å²) >= 11 is 6.11. The molecule has 5 aromatic rings. The maximum atomic E-state index is 11.0. The third-order valence-electron chi connectivity index (χ3n) is 5.33. The van der Waals surface area contributed by atoms with Crippen molar-refractivity contribution in [1.82, 2.24) is 14.1 Å². The molecular weight excluding hydrogens is 398 g/mol. The van der Waals surface area contributed by atoms with Crippen molar-refractivity contribution in [2.24, 2.45) is 0 Å². The van der Waals surface area contributed by atoms with Gasteiger partial charge in [0.25, 0.3) is 0 Å². The van der Waals surface area contributed by atoms with Crippen LogP contribution in [0.4, 0.5) is 0 Å². The van der Waals surface area contributed by atoms with Gasteiger partial charge >= 0.3 is 5.97 Å². The van der Waals surface area contributed by atoms with E-state index in [0.29, 0.717) is 11.4 Å². The van der Waals surface area contributed by atoms with Crippen LogP contribution in [0.25, 0.3) is 33.2 Å². The molecule has 0 atom stereocenters. The number of benzene rings is 3. The molecule has 30 heavy (non-hydrogen) atoms. The van der Waals surface area contributed by atoms with Crippen LogP contribution in [0, 0.1) is 0 Å². The number of fused-ring (bicyclic) bond motifs is 3. The van der Waals surface area contributed by atoms with Gasteiger partial charge in [0.2, 0.25) is 0 Å². The van der Waals surface area contributed by atoms with Crippen LogP contribution in [-0.4, -0.2) is 25.2 Å². The Morgan fingerprint density at radius 3 is 2.47 bits per heavy atom. The number of hydrogen-bond donors (Lipinski definition) is 1. The Morgan fingerprint density at radius 2 is 1.73 bits per heavy atom. The molecule has 0 fully saturated rings. The standard InChI is InChI=1S/C24H18ClN3O2/c25-17-3-5-18(6-4-17)28-22-9-7-19(27-12-11-26-15-27)14-21(22)20-8-1-16(13-23(20)28)2-10-24(29)30/h1,3-9,11-15H,2,10H2,(H,29,30). The van der Waals surface area contributed by atoms with E-state index >= 15 is 0 Å². The average Bonchev–Trinajstić information content (AvgIpc) is 3.39. The van der Waals surface area contributed by atoms with Gasteiger partial charge in [-0.1, -0.05) is 23.7 Å².